The van der Waals surface area contributed by atoms with E-state index in [1.807, 2.05) is 13.8 Å². The predicted molar refractivity (Wildman–Crippen MR) is 70.9 cm³/mol. The molecule has 0 aliphatic carbocycles. The van der Waals surface area contributed by atoms with E-state index in [9.17, 15) is 0 Å². The van der Waals surface area contributed by atoms with E-state index in [-0.39, 0.29) is 0 Å². The number of anilines is 1. The second-order valence-electron chi connectivity index (χ2n) is 4.00. The van der Waals surface area contributed by atoms with Gasteiger partial charge in [0.1, 0.15) is 12.4 Å². The largest absolute Gasteiger partial charge is 0.486 e. The number of aromatic nitrogens is 2. The van der Waals surface area contributed by atoms with Gasteiger partial charge in [0.15, 0.2) is 11.6 Å². The average Bonchev–Trinajstić information content (AvgIpc) is 2.39. The molecule has 1 aliphatic heterocycles. The molecule has 2 heterocycles. The van der Waals surface area contributed by atoms with Crippen LogP contribution in [-0.2, 0) is 0 Å². The van der Waals surface area contributed by atoms with Crippen molar-refractivity contribution < 1.29 is 4.74 Å². The van der Waals surface area contributed by atoms with Crippen LogP contribution in [0.15, 0.2) is 6.20 Å². The molecule has 0 aromatic carbocycles. The van der Waals surface area contributed by atoms with Crippen molar-refractivity contribution in [3.8, 4) is 5.75 Å². The quantitative estimate of drug-likeness (QED) is 0.792. The zero-order chi connectivity index (χ0) is 12.8. The van der Waals surface area contributed by atoms with E-state index >= 15 is 0 Å². The highest BCUT2D eigenvalue weighted by atomic mass is 16.5. The number of fused-ring (bicyclic) bond motifs is 1. The minimum Gasteiger partial charge on any atom is -0.486 e. The number of hydrogen-bond donors (Lipinski definition) is 0. The molecule has 4 nitrogen and oxygen atoms in total. The Kier molecular flexibility index (Phi) is 5.19. The fraction of sp³-hybridized carbons (Fsp3) is 0.692. The summed E-state index contributed by atoms with van der Waals surface area (Å²) in [5.74, 6) is 3.00. The molecule has 4 heteroatoms. The van der Waals surface area contributed by atoms with Gasteiger partial charge < -0.3 is 9.64 Å². The monoisotopic (exact) mass is 237 g/mol. The van der Waals surface area contributed by atoms with Crippen molar-refractivity contribution >= 4 is 5.82 Å². The van der Waals surface area contributed by atoms with Crippen LogP contribution in [-0.4, -0.2) is 29.7 Å². The van der Waals surface area contributed by atoms with Gasteiger partial charge in [0.25, 0.3) is 0 Å². The van der Waals surface area contributed by atoms with Crippen LogP contribution in [0.2, 0.25) is 0 Å². The molecule has 0 N–H and O–H groups in total. The molecule has 0 unspecified atom stereocenters. The average molecular weight is 237 g/mol. The Morgan fingerprint density at radius 1 is 1.41 bits per heavy atom. The van der Waals surface area contributed by atoms with E-state index in [0.717, 1.165) is 37.1 Å². The van der Waals surface area contributed by atoms with Crippen LogP contribution in [0, 0.1) is 0 Å². The number of likely N-dealkylation sites (N-methyl/N-ethyl adjacent to an activating group) is 1. The Hall–Kier alpha value is -1.32. The summed E-state index contributed by atoms with van der Waals surface area (Å²) >= 11 is 0. The third kappa shape index (κ3) is 3.08. The van der Waals surface area contributed by atoms with Crippen LogP contribution in [0.1, 0.15) is 46.4 Å². The third-order valence-corrected chi connectivity index (χ3v) is 2.57. The highest BCUT2D eigenvalue weighted by Crippen LogP contribution is 2.29. The number of hydrogen-bond acceptors (Lipinski definition) is 4. The maximum Gasteiger partial charge on any atom is 0.180 e. The Bertz CT molecular complexity index is 353. The molecule has 2 rings (SSSR count). The van der Waals surface area contributed by atoms with E-state index in [4.69, 9.17) is 4.74 Å². The molecule has 0 saturated heterocycles. The predicted octanol–water partition coefficient (Wildman–Crippen LogP) is 2.84. The first-order valence-electron chi connectivity index (χ1n) is 6.47. The van der Waals surface area contributed by atoms with Gasteiger partial charge in [-0.05, 0) is 6.92 Å². The van der Waals surface area contributed by atoms with E-state index in [0.29, 0.717) is 5.92 Å². The topological polar surface area (TPSA) is 38.2 Å². The van der Waals surface area contributed by atoms with Crippen molar-refractivity contribution in [2.45, 2.75) is 40.5 Å². The van der Waals surface area contributed by atoms with Gasteiger partial charge in [-0.2, -0.15) is 0 Å². The molecule has 1 aliphatic rings. The number of ether oxygens (including phenoxy) is 1. The van der Waals surface area contributed by atoms with E-state index in [1.165, 1.54) is 0 Å². The maximum atomic E-state index is 5.52. The third-order valence-electron chi connectivity index (χ3n) is 2.57. The molecule has 96 valence electrons. The Balaban J connectivity index is 0.000000686. The Morgan fingerprint density at radius 3 is 2.71 bits per heavy atom. The highest BCUT2D eigenvalue weighted by molar-refractivity contribution is 5.52. The van der Waals surface area contributed by atoms with Crippen LogP contribution in [0.5, 0.6) is 5.75 Å². The highest BCUT2D eigenvalue weighted by Gasteiger charge is 2.19. The molecule has 1 aromatic heterocycles. The molecule has 0 bridgehead atoms. The summed E-state index contributed by atoms with van der Waals surface area (Å²) in [6, 6.07) is 0. The van der Waals surface area contributed by atoms with E-state index < -0.39 is 0 Å². The summed E-state index contributed by atoms with van der Waals surface area (Å²) in [5, 5.41) is 0. The van der Waals surface area contributed by atoms with Gasteiger partial charge in [0.2, 0.25) is 0 Å². The number of nitrogens with zero attached hydrogens (tertiary/aromatic N) is 3. The van der Waals surface area contributed by atoms with Crippen molar-refractivity contribution in [3.63, 3.8) is 0 Å². The summed E-state index contributed by atoms with van der Waals surface area (Å²) < 4.78 is 5.52. The first-order chi connectivity index (χ1) is 8.22. The van der Waals surface area contributed by atoms with Crippen molar-refractivity contribution in [2.75, 3.05) is 24.6 Å². The second-order valence-corrected chi connectivity index (χ2v) is 4.00. The smallest absolute Gasteiger partial charge is 0.180 e. The van der Waals surface area contributed by atoms with Crippen LogP contribution in [0.3, 0.4) is 0 Å². The van der Waals surface area contributed by atoms with Gasteiger partial charge in [-0.25, -0.2) is 9.97 Å². The molecule has 0 spiro atoms. The zero-order valence-corrected chi connectivity index (χ0v) is 11.5. The van der Waals surface area contributed by atoms with Crippen molar-refractivity contribution in [3.05, 3.63) is 12.0 Å². The van der Waals surface area contributed by atoms with E-state index in [2.05, 4.69) is 35.6 Å². The van der Waals surface area contributed by atoms with Gasteiger partial charge in [0.05, 0.1) is 12.7 Å². The lowest BCUT2D eigenvalue weighted by Gasteiger charge is -2.29. The standard InChI is InChI=1S/C11H17N3O.C2H6/c1-4-14-5-6-15-9-7-12-10(8(2)3)13-11(9)14;1-2/h7-8H,4-6H2,1-3H3;1-2H3. The van der Waals surface area contributed by atoms with Gasteiger partial charge in [-0.1, -0.05) is 27.7 Å². The van der Waals surface area contributed by atoms with Crippen LogP contribution >= 0.6 is 0 Å². The van der Waals surface area contributed by atoms with Crippen molar-refractivity contribution in [1.29, 1.82) is 0 Å². The lowest BCUT2D eigenvalue weighted by Crippen LogP contribution is -2.33. The fourth-order valence-electron chi connectivity index (χ4n) is 1.66. The van der Waals surface area contributed by atoms with Gasteiger partial charge in [0, 0.05) is 12.5 Å². The van der Waals surface area contributed by atoms with Gasteiger partial charge in [-0.15, -0.1) is 0 Å². The van der Waals surface area contributed by atoms with Crippen molar-refractivity contribution in [1.82, 2.24) is 9.97 Å². The fourth-order valence-corrected chi connectivity index (χ4v) is 1.66. The normalized spacial score (nSPS) is 13.6. The molecule has 0 radical (unpaired) electrons. The SMILES string of the molecule is CC.CCN1CCOc2cnc(C(C)C)nc21. The molecular weight excluding hydrogens is 214 g/mol. The molecule has 0 fully saturated rings. The minimum atomic E-state index is 0.357. The molecule has 0 saturated carbocycles. The second kappa shape index (κ2) is 6.42. The van der Waals surface area contributed by atoms with Crippen LogP contribution < -0.4 is 9.64 Å². The lowest BCUT2D eigenvalue weighted by atomic mass is 10.2. The molecule has 1 aromatic rings. The Labute approximate surface area is 104 Å². The van der Waals surface area contributed by atoms with Gasteiger partial charge >= 0.3 is 0 Å². The molecule has 17 heavy (non-hydrogen) atoms. The maximum absolute atomic E-state index is 5.52. The number of rotatable bonds is 2. The first-order valence-corrected chi connectivity index (χ1v) is 6.47. The molecule has 0 amide bonds. The van der Waals surface area contributed by atoms with E-state index in [1.54, 1.807) is 6.20 Å². The summed E-state index contributed by atoms with van der Waals surface area (Å²) in [7, 11) is 0. The van der Waals surface area contributed by atoms with Crippen molar-refractivity contribution in [2.24, 2.45) is 0 Å². The molecular formula is C13H23N3O. The van der Waals surface area contributed by atoms with Gasteiger partial charge in [-0.3, -0.25) is 0 Å². The summed E-state index contributed by atoms with van der Waals surface area (Å²) in [5.41, 5.74) is 0. The Morgan fingerprint density at radius 2 is 2.12 bits per heavy atom. The minimum absolute atomic E-state index is 0.357. The van der Waals surface area contributed by atoms with Crippen LogP contribution in [0.4, 0.5) is 5.82 Å². The summed E-state index contributed by atoms with van der Waals surface area (Å²) in [6.45, 7) is 12.9. The molecule has 0 atom stereocenters. The summed E-state index contributed by atoms with van der Waals surface area (Å²) in [4.78, 5) is 11.1. The first kappa shape index (κ1) is 13.7. The summed E-state index contributed by atoms with van der Waals surface area (Å²) in [6.07, 6.45) is 1.79. The zero-order valence-electron chi connectivity index (χ0n) is 11.5. The van der Waals surface area contributed by atoms with Crippen LogP contribution in [0.25, 0.3) is 0 Å². The lowest BCUT2D eigenvalue weighted by molar-refractivity contribution is 0.303.